The summed E-state index contributed by atoms with van der Waals surface area (Å²) in [5.41, 5.74) is 0.0866. The Balaban J connectivity index is 2.74. The van der Waals surface area contributed by atoms with Gasteiger partial charge in [0.1, 0.15) is 0 Å². The number of rotatable bonds is 6. The Hall–Kier alpha value is -1.91. The van der Waals surface area contributed by atoms with Gasteiger partial charge in [0, 0.05) is 6.54 Å². The zero-order valence-corrected chi connectivity index (χ0v) is 11.3. The van der Waals surface area contributed by atoms with E-state index in [9.17, 15) is 14.0 Å². The molecule has 4 nitrogen and oxygen atoms in total. The first-order valence-electron chi connectivity index (χ1n) is 6.13. The van der Waals surface area contributed by atoms with E-state index < -0.39 is 11.9 Å². The number of carbonyl (C=O) groups excluding carboxylic acids is 2. The molecule has 0 heterocycles. The Morgan fingerprint density at radius 2 is 2.11 bits per heavy atom. The standard InChI is InChI=1S/C14H18FNO3/c1-9(2)7-16-14(18)10(3)19-13-11(8-17)5-4-6-12(13)15/h4-6,8-10H,7H2,1-3H3,(H,16,18). The molecule has 0 spiro atoms. The van der Waals surface area contributed by atoms with Gasteiger partial charge in [0.05, 0.1) is 5.56 Å². The van der Waals surface area contributed by atoms with E-state index in [2.05, 4.69) is 5.32 Å². The van der Waals surface area contributed by atoms with Crippen LogP contribution in [0.4, 0.5) is 4.39 Å². The van der Waals surface area contributed by atoms with Crippen molar-refractivity contribution >= 4 is 12.2 Å². The molecule has 0 radical (unpaired) electrons. The third kappa shape index (κ3) is 4.35. The first-order valence-corrected chi connectivity index (χ1v) is 6.13. The fraction of sp³-hybridized carbons (Fsp3) is 0.429. The van der Waals surface area contributed by atoms with Crippen molar-refractivity contribution in [1.29, 1.82) is 0 Å². The highest BCUT2D eigenvalue weighted by Crippen LogP contribution is 2.22. The van der Waals surface area contributed by atoms with E-state index in [0.717, 1.165) is 0 Å². The van der Waals surface area contributed by atoms with Gasteiger partial charge in [-0.05, 0) is 25.0 Å². The van der Waals surface area contributed by atoms with E-state index in [1.807, 2.05) is 13.8 Å². The van der Waals surface area contributed by atoms with Crippen molar-refractivity contribution in [1.82, 2.24) is 5.32 Å². The Morgan fingerprint density at radius 1 is 1.42 bits per heavy atom. The van der Waals surface area contributed by atoms with Crippen LogP contribution in [-0.4, -0.2) is 24.8 Å². The maximum Gasteiger partial charge on any atom is 0.260 e. The van der Waals surface area contributed by atoms with Crippen LogP contribution in [0.1, 0.15) is 31.1 Å². The summed E-state index contributed by atoms with van der Waals surface area (Å²) in [6.07, 6.45) is -0.369. The Kier molecular flexibility index (Phi) is 5.48. The first-order chi connectivity index (χ1) is 8.95. The molecular formula is C14H18FNO3. The van der Waals surface area contributed by atoms with E-state index in [1.54, 1.807) is 0 Å². The molecule has 0 saturated carbocycles. The molecule has 0 bridgehead atoms. The summed E-state index contributed by atoms with van der Waals surface area (Å²) >= 11 is 0. The minimum atomic E-state index is -0.866. The Labute approximate surface area is 112 Å². The van der Waals surface area contributed by atoms with E-state index in [-0.39, 0.29) is 17.2 Å². The summed E-state index contributed by atoms with van der Waals surface area (Å²) in [6.45, 7) is 5.96. The molecule has 1 amide bonds. The molecule has 1 N–H and O–H groups in total. The molecule has 0 saturated heterocycles. The van der Waals surface area contributed by atoms with Gasteiger partial charge in [-0.3, -0.25) is 9.59 Å². The number of hydrogen-bond acceptors (Lipinski definition) is 3. The molecule has 0 aliphatic carbocycles. The van der Waals surface area contributed by atoms with E-state index >= 15 is 0 Å². The van der Waals surface area contributed by atoms with E-state index in [0.29, 0.717) is 18.7 Å². The molecule has 1 unspecified atom stereocenters. The second-order valence-electron chi connectivity index (χ2n) is 4.68. The largest absolute Gasteiger partial charge is 0.477 e. The summed E-state index contributed by atoms with van der Waals surface area (Å²) in [7, 11) is 0. The molecule has 0 fully saturated rings. The maximum absolute atomic E-state index is 13.6. The van der Waals surface area contributed by atoms with Gasteiger partial charge in [-0.15, -0.1) is 0 Å². The third-order valence-electron chi connectivity index (χ3n) is 2.47. The highest BCUT2D eigenvalue weighted by Gasteiger charge is 2.18. The second kappa shape index (κ2) is 6.87. The van der Waals surface area contributed by atoms with Gasteiger partial charge in [-0.25, -0.2) is 4.39 Å². The summed E-state index contributed by atoms with van der Waals surface area (Å²) < 4.78 is 18.8. The summed E-state index contributed by atoms with van der Waals surface area (Å²) in [5, 5.41) is 2.68. The summed E-state index contributed by atoms with van der Waals surface area (Å²) in [4.78, 5) is 22.5. The monoisotopic (exact) mass is 267 g/mol. The van der Waals surface area contributed by atoms with Crippen LogP contribution in [0.2, 0.25) is 0 Å². The van der Waals surface area contributed by atoms with Gasteiger partial charge in [0.2, 0.25) is 0 Å². The van der Waals surface area contributed by atoms with Crippen LogP contribution in [-0.2, 0) is 4.79 Å². The molecule has 0 aliphatic rings. The predicted octanol–water partition coefficient (Wildman–Crippen LogP) is 2.18. The van der Waals surface area contributed by atoms with Crippen molar-refractivity contribution in [3.8, 4) is 5.75 Å². The summed E-state index contributed by atoms with van der Waals surface area (Å²) in [5.74, 6) is -0.873. The van der Waals surface area contributed by atoms with Crippen LogP contribution in [0.15, 0.2) is 18.2 Å². The zero-order valence-electron chi connectivity index (χ0n) is 11.3. The fourth-order valence-electron chi connectivity index (χ4n) is 1.42. The van der Waals surface area contributed by atoms with Crippen molar-refractivity contribution in [3.63, 3.8) is 0 Å². The summed E-state index contributed by atoms with van der Waals surface area (Å²) in [6, 6.07) is 4.03. The number of ether oxygens (including phenoxy) is 1. The van der Waals surface area contributed by atoms with Crippen LogP contribution in [0, 0.1) is 11.7 Å². The minimum absolute atomic E-state index is 0.0866. The smallest absolute Gasteiger partial charge is 0.260 e. The van der Waals surface area contributed by atoms with Crippen LogP contribution >= 0.6 is 0 Å². The topological polar surface area (TPSA) is 55.4 Å². The molecule has 0 aromatic heterocycles. The van der Waals surface area contributed by atoms with Gasteiger partial charge < -0.3 is 10.1 Å². The number of amides is 1. The lowest BCUT2D eigenvalue weighted by Gasteiger charge is -2.17. The quantitative estimate of drug-likeness (QED) is 0.804. The molecule has 0 aliphatic heterocycles. The number of para-hydroxylation sites is 1. The van der Waals surface area contributed by atoms with Crippen LogP contribution < -0.4 is 10.1 Å². The molecule has 1 atom stereocenters. The van der Waals surface area contributed by atoms with Crippen molar-refractivity contribution in [2.75, 3.05) is 6.54 Å². The Bertz CT molecular complexity index is 460. The molecular weight excluding hydrogens is 249 g/mol. The normalized spacial score (nSPS) is 12.1. The highest BCUT2D eigenvalue weighted by molar-refractivity contribution is 5.82. The SMILES string of the molecule is CC(C)CNC(=O)C(C)Oc1c(F)cccc1C=O. The first kappa shape index (κ1) is 15.1. The minimum Gasteiger partial charge on any atom is -0.477 e. The van der Waals surface area contributed by atoms with Crippen molar-refractivity contribution in [2.45, 2.75) is 26.9 Å². The number of nitrogens with one attached hydrogen (secondary N) is 1. The molecule has 19 heavy (non-hydrogen) atoms. The molecule has 104 valence electrons. The lowest BCUT2D eigenvalue weighted by molar-refractivity contribution is -0.127. The molecule has 1 rings (SSSR count). The van der Waals surface area contributed by atoms with Crippen molar-refractivity contribution in [3.05, 3.63) is 29.6 Å². The molecule has 1 aromatic carbocycles. The van der Waals surface area contributed by atoms with Crippen molar-refractivity contribution in [2.24, 2.45) is 5.92 Å². The van der Waals surface area contributed by atoms with E-state index in [4.69, 9.17) is 4.74 Å². The average Bonchev–Trinajstić information content (AvgIpc) is 2.37. The lowest BCUT2D eigenvalue weighted by atomic mass is 10.2. The second-order valence-corrected chi connectivity index (χ2v) is 4.68. The number of benzene rings is 1. The van der Waals surface area contributed by atoms with Crippen LogP contribution in [0.5, 0.6) is 5.75 Å². The number of carbonyl (C=O) groups is 2. The maximum atomic E-state index is 13.6. The predicted molar refractivity (Wildman–Crippen MR) is 69.7 cm³/mol. The zero-order chi connectivity index (χ0) is 14.4. The number of aldehydes is 1. The van der Waals surface area contributed by atoms with Gasteiger partial charge in [0.15, 0.2) is 24.0 Å². The van der Waals surface area contributed by atoms with E-state index in [1.165, 1.54) is 25.1 Å². The average molecular weight is 267 g/mol. The Morgan fingerprint density at radius 3 is 2.68 bits per heavy atom. The number of halogens is 1. The molecule has 1 aromatic rings. The van der Waals surface area contributed by atoms with Gasteiger partial charge >= 0.3 is 0 Å². The molecule has 5 heteroatoms. The van der Waals surface area contributed by atoms with Crippen LogP contribution in [0.3, 0.4) is 0 Å². The highest BCUT2D eigenvalue weighted by atomic mass is 19.1. The van der Waals surface area contributed by atoms with Gasteiger partial charge in [0.25, 0.3) is 5.91 Å². The third-order valence-corrected chi connectivity index (χ3v) is 2.47. The fourth-order valence-corrected chi connectivity index (χ4v) is 1.42. The lowest BCUT2D eigenvalue weighted by Crippen LogP contribution is -2.38. The van der Waals surface area contributed by atoms with Gasteiger partial charge in [-0.1, -0.05) is 19.9 Å². The van der Waals surface area contributed by atoms with Gasteiger partial charge in [-0.2, -0.15) is 0 Å². The van der Waals surface area contributed by atoms with Crippen molar-refractivity contribution < 1.29 is 18.7 Å². The van der Waals surface area contributed by atoms with Crippen LogP contribution in [0.25, 0.3) is 0 Å². The number of hydrogen-bond donors (Lipinski definition) is 1.